The van der Waals surface area contributed by atoms with Crippen LogP contribution in [0.2, 0.25) is 0 Å². The van der Waals surface area contributed by atoms with Gasteiger partial charge in [0.1, 0.15) is 0 Å². The standard InChI is InChI=1S/C25H28O9/c1-6-31-23(26)25(24(27)32-7-2)12-15-10-17-18(34-13-33-17)11-16(15)21(25)14-8-19(28-3)22(30-5)20(9-14)29-4/h8-11,21H,6-7,12-13H2,1-5H3. The van der Waals surface area contributed by atoms with Crippen molar-refractivity contribution in [2.24, 2.45) is 5.41 Å². The Hall–Kier alpha value is -3.62. The highest BCUT2D eigenvalue weighted by molar-refractivity contribution is 6.03. The maximum atomic E-state index is 13.5. The first-order valence-electron chi connectivity index (χ1n) is 11.0. The number of carbonyl (C=O) groups excluding carboxylic acids is 2. The van der Waals surface area contributed by atoms with Gasteiger partial charge in [-0.15, -0.1) is 0 Å². The molecule has 0 amide bonds. The van der Waals surface area contributed by atoms with Gasteiger partial charge < -0.3 is 33.2 Å². The van der Waals surface area contributed by atoms with Crippen LogP contribution in [0.25, 0.3) is 0 Å². The molecule has 182 valence electrons. The minimum Gasteiger partial charge on any atom is -0.493 e. The topological polar surface area (TPSA) is 98.8 Å². The van der Waals surface area contributed by atoms with Crippen molar-refractivity contribution in [3.8, 4) is 28.7 Å². The first-order chi connectivity index (χ1) is 16.4. The van der Waals surface area contributed by atoms with Gasteiger partial charge in [-0.1, -0.05) is 0 Å². The van der Waals surface area contributed by atoms with Crippen LogP contribution in [0.1, 0.15) is 36.5 Å². The molecule has 1 unspecified atom stereocenters. The Kier molecular flexibility index (Phi) is 6.45. The van der Waals surface area contributed by atoms with Gasteiger partial charge in [0, 0.05) is 12.3 Å². The Labute approximate surface area is 197 Å². The fraction of sp³-hybridized carbons (Fsp3) is 0.440. The van der Waals surface area contributed by atoms with E-state index >= 15 is 0 Å². The van der Waals surface area contributed by atoms with Gasteiger partial charge in [0.2, 0.25) is 12.5 Å². The summed E-state index contributed by atoms with van der Waals surface area (Å²) in [6.45, 7) is 3.73. The van der Waals surface area contributed by atoms with E-state index in [4.69, 9.17) is 33.2 Å². The summed E-state index contributed by atoms with van der Waals surface area (Å²) < 4.78 is 38.6. The molecule has 1 atom stereocenters. The third-order valence-corrected chi connectivity index (χ3v) is 6.21. The number of hydrogen-bond acceptors (Lipinski definition) is 9. The van der Waals surface area contributed by atoms with E-state index in [1.807, 2.05) is 12.1 Å². The lowest BCUT2D eigenvalue weighted by atomic mass is 9.72. The fourth-order valence-electron chi connectivity index (χ4n) is 4.80. The van der Waals surface area contributed by atoms with Gasteiger partial charge >= 0.3 is 11.9 Å². The molecule has 0 radical (unpaired) electrons. The molecule has 2 aromatic rings. The Morgan fingerprint density at radius 3 is 1.94 bits per heavy atom. The average Bonchev–Trinajstić information content (AvgIpc) is 3.43. The van der Waals surface area contributed by atoms with Crippen molar-refractivity contribution < 1.29 is 42.7 Å². The lowest BCUT2D eigenvalue weighted by Gasteiger charge is -2.32. The van der Waals surface area contributed by atoms with Crippen LogP contribution in [0.4, 0.5) is 0 Å². The summed E-state index contributed by atoms with van der Waals surface area (Å²) in [5.41, 5.74) is 0.450. The summed E-state index contributed by atoms with van der Waals surface area (Å²) in [5, 5.41) is 0. The summed E-state index contributed by atoms with van der Waals surface area (Å²) in [5.74, 6) is 0.209. The highest BCUT2D eigenvalue weighted by atomic mass is 16.7. The molecule has 34 heavy (non-hydrogen) atoms. The minimum absolute atomic E-state index is 0.0813. The lowest BCUT2D eigenvalue weighted by Crippen LogP contribution is -2.46. The van der Waals surface area contributed by atoms with E-state index < -0.39 is 23.3 Å². The maximum absolute atomic E-state index is 13.5. The third kappa shape index (κ3) is 3.55. The number of benzene rings is 2. The third-order valence-electron chi connectivity index (χ3n) is 6.21. The molecule has 0 aromatic heterocycles. The SMILES string of the molecule is CCOC(=O)C1(C(=O)OCC)Cc2cc3c(cc2C1c1cc(OC)c(OC)c(OC)c1)OCO3. The van der Waals surface area contributed by atoms with Crippen LogP contribution in [0.5, 0.6) is 28.7 Å². The average molecular weight is 472 g/mol. The van der Waals surface area contributed by atoms with Crippen molar-refractivity contribution in [2.75, 3.05) is 41.3 Å². The zero-order valence-corrected chi connectivity index (χ0v) is 19.9. The predicted molar refractivity (Wildman–Crippen MR) is 120 cm³/mol. The highest BCUT2D eigenvalue weighted by Crippen LogP contribution is 2.56. The minimum atomic E-state index is -1.66. The summed E-state index contributed by atoms with van der Waals surface area (Å²) in [4.78, 5) is 27.1. The van der Waals surface area contributed by atoms with E-state index in [2.05, 4.69) is 0 Å². The van der Waals surface area contributed by atoms with Crippen LogP contribution < -0.4 is 23.7 Å². The second-order valence-electron chi connectivity index (χ2n) is 7.89. The number of carbonyl (C=O) groups is 2. The highest BCUT2D eigenvalue weighted by Gasteiger charge is 2.60. The van der Waals surface area contributed by atoms with E-state index in [0.29, 0.717) is 34.3 Å². The maximum Gasteiger partial charge on any atom is 0.324 e. The number of fused-ring (bicyclic) bond motifs is 2. The Morgan fingerprint density at radius 1 is 0.882 bits per heavy atom. The summed E-state index contributed by atoms with van der Waals surface area (Å²) in [6, 6.07) is 7.09. The monoisotopic (exact) mass is 472 g/mol. The van der Waals surface area contributed by atoms with Crippen LogP contribution in [-0.2, 0) is 25.5 Å². The molecule has 1 heterocycles. The first kappa shape index (κ1) is 23.5. The fourth-order valence-corrected chi connectivity index (χ4v) is 4.80. The molecule has 1 aliphatic carbocycles. The van der Waals surface area contributed by atoms with E-state index in [0.717, 1.165) is 11.1 Å². The predicted octanol–water partition coefficient (Wildman–Crippen LogP) is 3.24. The number of hydrogen-bond donors (Lipinski definition) is 0. The Balaban J connectivity index is 2.00. The van der Waals surface area contributed by atoms with Gasteiger partial charge in [0.05, 0.1) is 34.5 Å². The van der Waals surface area contributed by atoms with E-state index in [-0.39, 0.29) is 26.4 Å². The van der Waals surface area contributed by atoms with Gasteiger partial charge in [-0.3, -0.25) is 9.59 Å². The summed E-state index contributed by atoms with van der Waals surface area (Å²) in [6.07, 6.45) is 0.0813. The number of methoxy groups -OCH3 is 3. The van der Waals surface area contributed by atoms with Gasteiger partial charge in [-0.2, -0.15) is 0 Å². The summed E-state index contributed by atoms with van der Waals surface area (Å²) >= 11 is 0. The largest absolute Gasteiger partial charge is 0.493 e. The van der Waals surface area contributed by atoms with Crippen LogP contribution in [-0.4, -0.2) is 53.3 Å². The number of ether oxygens (including phenoxy) is 7. The number of rotatable bonds is 8. The normalized spacial score (nSPS) is 17.0. The van der Waals surface area contributed by atoms with Gasteiger partial charge in [-0.25, -0.2) is 0 Å². The van der Waals surface area contributed by atoms with E-state index in [1.54, 1.807) is 26.0 Å². The van der Waals surface area contributed by atoms with Crippen molar-refractivity contribution in [3.05, 3.63) is 41.0 Å². The molecule has 9 heteroatoms. The van der Waals surface area contributed by atoms with Crippen molar-refractivity contribution >= 4 is 11.9 Å². The lowest BCUT2D eigenvalue weighted by molar-refractivity contribution is -0.172. The molecule has 9 nitrogen and oxygen atoms in total. The molecule has 4 rings (SSSR count). The Morgan fingerprint density at radius 2 is 1.44 bits per heavy atom. The second-order valence-corrected chi connectivity index (χ2v) is 7.89. The van der Waals surface area contributed by atoms with Crippen LogP contribution in [0.3, 0.4) is 0 Å². The van der Waals surface area contributed by atoms with Crippen LogP contribution in [0, 0.1) is 5.41 Å². The first-order valence-corrected chi connectivity index (χ1v) is 11.0. The Bertz CT molecular complexity index is 1060. The number of esters is 2. The van der Waals surface area contributed by atoms with Crippen LogP contribution in [0.15, 0.2) is 24.3 Å². The molecule has 2 aliphatic rings. The zero-order chi connectivity index (χ0) is 24.5. The van der Waals surface area contributed by atoms with E-state index in [1.165, 1.54) is 21.3 Å². The molecule has 0 bridgehead atoms. The molecule has 1 aliphatic heterocycles. The van der Waals surface area contributed by atoms with Crippen molar-refractivity contribution in [1.29, 1.82) is 0 Å². The van der Waals surface area contributed by atoms with Crippen molar-refractivity contribution in [1.82, 2.24) is 0 Å². The molecular weight excluding hydrogens is 444 g/mol. The molecule has 0 spiro atoms. The van der Waals surface area contributed by atoms with Gasteiger partial charge in [0.15, 0.2) is 28.4 Å². The second kappa shape index (κ2) is 9.32. The quantitative estimate of drug-likeness (QED) is 0.423. The molecular formula is C25H28O9. The molecule has 0 fully saturated rings. The van der Waals surface area contributed by atoms with Crippen LogP contribution >= 0.6 is 0 Å². The summed E-state index contributed by atoms with van der Waals surface area (Å²) in [7, 11) is 4.52. The van der Waals surface area contributed by atoms with E-state index in [9.17, 15) is 9.59 Å². The van der Waals surface area contributed by atoms with Gasteiger partial charge in [-0.05, 0) is 54.8 Å². The van der Waals surface area contributed by atoms with Gasteiger partial charge in [0.25, 0.3) is 0 Å². The molecule has 0 saturated carbocycles. The van der Waals surface area contributed by atoms with Crippen molar-refractivity contribution in [2.45, 2.75) is 26.2 Å². The zero-order valence-electron chi connectivity index (χ0n) is 19.9. The van der Waals surface area contributed by atoms with Crippen molar-refractivity contribution in [3.63, 3.8) is 0 Å². The molecule has 2 aromatic carbocycles. The smallest absolute Gasteiger partial charge is 0.324 e. The molecule has 0 N–H and O–H groups in total. The molecule has 0 saturated heterocycles.